The third-order valence-electron chi connectivity index (χ3n) is 9.07. The number of hydrogen-bond acceptors (Lipinski definition) is 7. The summed E-state index contributed by atoms with van der Waals surface area (Å²) in [4.78, 5) is 59.4. The second kappa shape index (κ2) is 13.2. The van der Waals surface area contributed by atoms with E-state index in [2.05, 4.69) is 15.6 Å². The molecule has 2 fully saturated rings. The van der Waals surface area contributed by atoms with Crippen LogP contribution < -0.4 is 10.6 Å². The van der Waals surface area contributed by atoms with E-state index in [1.807, 2.05) is 12.3 Å². The van der Waals surface area contributed by atoms with E-state index in [9.17, 15) is 23.6 Å². The summed E-state index contributed by atoms with van der Waals surface area (Å²) in [5.74, 6) is -1.84. The van der Waals surface area contributed by atoms with Gasteiger partial charge in [0.2, 0.25) is 11.8 Å². The lowest BCUT2D eigenvalue weighted by molar-refractivity contribution is -0.153. The number of carbonyl (C=O) groups is 4. The number of amides is 3. The van der Waals surface area contributed by atoms with E-state index in [0.717, 1.165) is 43.1 Å². The molecule has 0 bridgehead atoms. The molecule has 2 aliphatic heterocycles. The molecule has 3 heterocycles. The highest BCUT2D eigenvalue weighted by molar-refractivity contribution is 5.91. The maximum Gasteiger partial charge on any atom is 0.410 e. The maximum atomic E-state index is 14.5. The highest BCUT2D eigenvalue weighted by Crippen LogP contribution is 2.43. The highest BCUT2D eigenvalue weighted by atomic mass is 19.1. The van der Waals surface area contributed by atoms with Crippen molar-refractivity contribution in [2.24, 2.45) is 5.92 Å². The number of aromatic amines is 1. The molecular formula is C33H44FN5O6. The van der Waals surface area contributed by atoms with E-state index in [4.69, 9.17) is 9.47 Å². The lowest BCUT2D eigenvalue weighted by Gasteiger charge is -2.36. The molecule has 1 aromatic carbocycles. The molecule has 3 N–H and O–H groups in total. The number of H-pyrrole nitrogens is 1. The number of benzene rings is 1. The quantitative estimate of drug-likeness (QED) is 0.379. The molecule has 11 nitrogen and oxygen atoms in total. The predicted octanol–water partition coefficient (Wildman–Crippen LogP) is 3.95. The number of methoxy groups -OCH3 is 1. The molecule has 1 saturated carbocycles. The van der Waals surface area contributed by atoms with Crippen molar-refractivity contribution in [1.29, 1.82) is 0 Å². The van der Waals surface area contributed by atoms with Crippen LogP contribution in [0.15, 0.2) is 36.7 Å². The summed E-state index contributed by atoms with van der Waals surface area (Å²) in [6.45, 7) is 7.12. The Morgan fingerprint density at radius 3 is 2.56 bits per heavy atom. The van der Waals surface area contributed by atoms with Crippen LogP contribution in [0.3, 0.4) is 0 Å². The van der Waals surface area contributed by atoms with Gasteiger partial charge in [0.05, 0.1) is 31.8 Å². The number of esters is 1. The average molecular weight is 626 g/mol. The monoisotopic (exact) mass is 625 g/mol. The van der Waals surface area contributed by atoms with Crippen molar-refractivity contribution in [2.75, 3.05) is 20.2 Å². The zero-order chi connectivity index (χ0) is 32.5. The molecule has 0 radical (unpaired) electrons. The van der Waals surface area contributed by atoms with E-state index >= 15 is 0 Å². The molecule has 5 atom stereocenters. The van der Waals surface area contributed by atoms with Crippen LogP contribution in [0.1, 0.15) is 71.3 Å². The van der Waals surface area contributed by atoms with Crippen molar-refractivity contribution < 1.29 is 33.0 Å². The predicted molar refractivity (Wildman–Crippen MR) is 165 cm³/mol. The van der Waals surface area contributed by atoms with Crippen molar-refractivity contribution in [2.45, 2.75) is 95.5 Å². The summed E-state index contributed by atoms with van der Waals surface area (Å²) < 4.78 is 24.4. The van der Waals surface area contributed by atoms with E-state index < -0.39 is 41.8 Å². The number of aromatic nitrogens is 1. The van der Waals surface area contributed by atoms with E-state index in [1.54, 1.807) is 49.8 Å². The number of ether oxygens (including phenoxy) is 2. The van der Waals surface area contributed by atoms with Crippen molar-refractivity contribution in [3.05, 3.63) is 48.1 Å². The van der Waals surface area contributed by atoms with Gasteiger partial charge in [-0.2, -0.15) is 0 Å². The fourth-order valence-corrected chi connectivity index (χ4v) is 6.96. The summed E-state index contributed by atoms with van der Waals surface area (Å²) in [7, 11) is 1.33. The smallest absolute Gasteiger partial charge is 0.410 e. The van der Waals surface area contributed by atoms with Crippen molar-refractivity contribution in [1.82, 2.24) is 25.4 Å². The molecule has 1 aromatic heterocycles. The summed E-state index contributed by atoms with van der Waals surface area (Å²) in [6.07, 6.45) is 9.45. The number of nitrogens with zero attached hydrogens (tertiary/aromatic N) is 2. The first kappa shape index (κ1) is 32.5. The van der Waals surface area contributed by atoms with Gasteiger partial charge >= 0.3 is 12.1 Å². The maximum absolute atomic E-state index is 14.5. The third kappa shape index (κ3) is 7.00. The molecule has 5 rings (SSSR count). The molecule has 3 amide bonds. The van der Waals surface area contributed by atoms with Gasteiger partial charge in [-0.25, -0.2) is 9.18 Å². The van der Waals surface area contributed by atoms with Crippen LogP contribution in [-0.4, -0.2) is 88.6 Å². The second-order valence-corrected chi connectivity index (χ2v) is 13.3. The summed E-state index contributed by atoms with van der Waals surface area (Å²) in [6, 6.07) is 2.09. The molecule has 3 aliphatic rings. The van der Waals surface area contributed by atoms with Crippen LogP contribution in [0.5, 0.6) is 0 Å². The first-order valence-corrected chi connectivity index (χ1v) is 15.7. The second-order valence-electron chi connectivity index (χ2n) is 13.3. The van der Waals surface area contributed by atoms with Crippen LogP contribution in [0.2, 0.25) is 0 Å². The van der Waals surface area contributed by atoms with E-state index in [0.29, 0.717) is 12.1 Å². The lowest BCUT2D eigenvalue weighted by Crippen LogP contribution is -2.57. The molecule has 1 aliphatic carbocycles. The van der Waals surface area contributed by atoms with Crippen LogP contribution in [-0.2, 0) is 23.9 Å². The number of likely N-dealkylation sites (tertiary alicyclic amines) is 1. The molecule has 244 valence electrons. The fourth-order valence-electron chi connectivity index (χ4n) is 6.96. The van der Waals surface area contributed by atoms with Gasteiger partial charge in [0, 0.05) is 35.8 Å². The third-order valence-corrected chi connectivity index (χ3v) is 9.07. The Balaban J connectivity index is 1.39. The number of hydrogen-bond donors (Lipinski definition) is 3. The highest BCUT2D eigenvalue weighted by Gasteiger charge is 2.52. The zero-order valence-corrected chi connectivity index (χ0v) is 26.6. The number of halogens is 1. The van der Waals surface area contributed by atoms with Crippen LogP contribution in [0, 0.1) is 11.7 Å². The Bertz CT molecular complexity index is 1460. The number of fused-ring (bicyclic) bond motifs is 2. The molecular weight excluding hydrogens is 581 g/mol. The minimum atomic E-state index is -0.795. The average Bonchev–Trinajstić information content (AvgIpc) is 3.71. The molecule has 1 saturated heterocycles. The Labute approximate surface area is 262 Å². The molecule has 2 aromatic rings. The molecule has 5 unspecified atom stereocenters. The largest absolute Gasteiger partial charge is 0.459 e. The lowest BCUT2D eigenvalue weighted by atomic mass is 9.82. The van der Waals surface area contributed by atoms with Crippen molar-refractivity contribution in [3.8, 4) is 0 Å². The van der Waals surface area contributed by atoms with Gasteiger partial charge in [0.15, 0.2) is 0 Å². The first-order valence-electron chi connectivity index (χ1n) is 15.7. The van der Waals surface area contributed by atoms with E-state index in [1.165, 1.54) is 19.2 Å². The van der Waals surface area contributed by atoms with Gasteiger partial charge in [-0.05, 0) is 76.3 Å². The van der Waals surface area contributed by atoms with Gasteiger partial charge in [-0.1, -0.05) is 19.3 Å². The van der Waals surface area contributed by atoms with Crippen LogP contribution >= 0.6 is 0 Å². The molecule has 12 heteroatoms. The standard InChI is InChI=1S/C33H44FN5O6/c1-19(35-17-27(40)45-33(2,3)4)30(41)37-28(20-9-7-6-8-10-20)31(42)38-14-13-26-29(38)24(18-39(26)32(43)44-5)23-16-36-25-15-21(34)11-12-22(23)25/h11-16,19-20,24,26,28-29,35-36H,6-10,17-18H2,1-5H3,(H,37,41). The van der Waals surface area contributed by atoms with Crippen LogP contribution in [0.4, 0.5) is 9.18 Å². The van der Waals surface area contributed by atoms with Crippen LogP contribution in [0.25, 0.3) is 10.9 Å². The Kier molecular flexibility index (Phi) is 9.52. The summed E-state index contributed by atoms with van der Waals surface area (Å²) >= 11 is 0. The van der Waals surface area contributed by atoms with E-state index in [-0.39, 0.29) is 36.0 Å². The summed E-state index contributed by atoms with van der Waals surface area (Å²) in [5.41, 5.74) is 0.849. The normalized spacial score (nSPS) is 23.1. The summed E-state index contributed by atoms with van der Waals surface area (Å²) in [5, 5.41) is 6.74. The van der Waals surface area contributed by atoms with Gasteiger partial charge < -0.3 is 24.7 Å². The Hall–Kier alpha value is -3.93. The SMILES string of the molecule is COC(=O)N1CC(c2c[nH]c3cc(F)ccc23)C2C1C=CN2C(=O)C(NC(=O)C(C)NCC(=O)OC(C)(C)C)C1CCCCC1. The van der Waals surface area contributed by atoms with Crippen molar-refractivity contribution >= 4 is 34.8 Å². The minimum absolute atomic E-state index is 0.0617. The minimum Gasteiger partial charge on any atom is -0.459 e. The Morgan fingerprint density at radius 1 is 1.13 bits per heavy atom. The topological polar surface area (TPSA) is 133 Å². The zero-order valence-electron chi connectivity index (χ0n) is 26.6. The molecule has 45 heavy (non-hydrogen) atoms. The van der Waals surface area contributed by atoms with Gasteiger partial charge in [-0.3, -0.25) is 24.6 Å². The van der Waals surface area contributed by atoms with Gasteiger partial charge in [0.25, 0.3) is 0 Å². The number of rotatable bonds is 8. The van der Waals surface area contributed by atoms with Gasteiger partial charge in [0.1, 0.15) is 17.5 Å². The van der Waals surface area contributed by atoms with Gasteiger partial charge in [-0.15, -0.1) is 0 Å². The first-order chi connectivity index (χ1) is 21.4. The molecule has 0 spiro atoms. The fraction of sp³-hybridized carbons (Fsp3) is 0.576. The van der Waals surface area contributed by atoms with Crippen molar-refractivity contribution in [3.63, 3.8) is 0 Å². The Morgan fingerprint density at radius 2 is 1.87 bits per heavy atom. The number of carbonyl (C=O) groups excluding carboxylic acids is 4. The number of nitrogens with one attached hydrogen (secondary N) is 3.